The van der Waals surface area contributed by atoms with Crippen molar-refractivity contribution in [2.45, 2.75) is 19.4 Å². The van der Waals surface area contributed by atoms with Crippen LogP contribution in [0.4, 0.5) is 0 Å². The molecule has 1 fully saturated rings. The Morgan fingerprint density at radius 3 is 2.72 bits per heavy atom. The van der Waals surface area contributed by atoms with E-state index in [2.05, 4.69) is 6.58 Å². The molecule has 18 heavy (non-hydrogen) atoms. The van der Waals surface area contributed by atoms with Gasteiger partial charge in [-0.15, -0.1) is 6.58 Å². The molecule has 0 bridgehead atoms. The molecule has 0 amide bonds. The topological polar surface area (TPSA) is 83.9 Å². The van der Waals surface area contributed by atoms with Crippen LogP contribution in [0.2, 0.25) is 0 Å². The molecule has 1 aliphatic heterocycles. The summed E-state index contributed by atoms with van der Waals surface area (Å²) in [4.78, 5) is 11.1. The van der Waals surface area contributed by atoms with Crippen LogP contribution >= 0.6 is 0 Å². The molecule has 104 valence electrons. The first kappa shape index (κ1) is 15.1. The van der Waals surface area contributed by atoms with Gasteiger partial charge in [-0.25, -0.2) is 8.42 Å². The summed E-state index contributed by atoms with van der Waals surface area (Å²) in [6, 6.07) is -0.618. The highest BCUT2D eigenvalue weighted by molar-refractivity contribution is 7.89. The molecule has 0 saturated carbocycles. The minimum absolute atomic E-state index is 0.0593. The maximum absolute atomic E-state index is 12.1. The Bertz CT molecular complexity index is 406. The van der Waals surface area contributed by atoms with E-state index in [1.165, 1.54) is 10.4 Å². The molecular formula is C11H19NO5S. The van der Waals surface area contributed by atoms with Crippen LogP contribution in [0.25, 0.3) is 0 Å². The third-order valence-corrected chi connectivity index (χ3v) is 4.69. The third-order valence-electron chi connectivity index (χ3n) is 2.87. The molecule has 0 spiro atoms. The Labute approximate surface area is 107 Å². The molecule has 2 unspecified atom stereocenters. The fraction of sp³-hybridized carbons (Fsp3) is 0.727. The SMILES string of the molecule is C=CCS(=O)(=O)N(CCC)C1COCC1C(=O)O. The van der Waals surface area contributed by atoms with Gasteiger partial charge < -0.3 is 9.84 Å². The van der Waals surface area contributed by atoms with E-state index >= 15 is 0 Å². The van der Waals surface area contributed by atoms with Gasteiger partial charge in [0.1, 0.15) is 0 Å². The smallest absolute Gasteiger partial charge is 0.310 e. The van der Waals surface area contributed by atoms with Gasteiger partial charge in [0.2, 0.25) is 10.0 Å². The zero-order valence-corrected chi connectivity index (χ0v) is 11.2. The second-order valence-electron chi connectivity index (χ2n) is 4.23. The highest BCUT2D eigenvalue weighted by atomic mass is 32.2. The number of sulfonamides is 1. The molecule has 0 aromatic heterocycles. The number of carboxylic acid groups (broad SMARTS) is 1. The maximum atomic E-state index is 12.1. The van der Waals surface area contributed by atoms with Crippen LogP contribution in [-0.2, 0) is 19.6 Å². The number of hydrogen-bond donors (Lipinski definition) is 1. The zero-order valence-electron chi connectivity index (χ0n) is 10.4. The fourth-order valence-electron chi connectivity index (χ4n) is 2.04. The van der Waals surface area contributed by atoms with Gasteiger partial charge in [-0.3, -0.25) is 4.79 Å². The van der Waals surface area contributed by atoms with Crippen LogP contribution < -0.4 is 0 Å². The first-order chi connectivity index (χ1) is 8.44. The Morgan fingerprint density at radius 2 is 2.22 bits per heavy atom. The average molecular weight is 277 g/mol. The lowest BCUT2D eigenvalue weighted by Crippen LogP contribution is -2.47. The predicted molar refractivity (Wildman–Crippen MR) is 66.7 cm³/mol. The summed E-state index contributed by atoms with van der Waals surface area (Å²) in [7, 11) is -3.51. The van der Waals surface area contributed by atoms with Crippen LogP contribution in [0.1, 0.15) is 13.3 Å². The van der Waals surface area contributed by atoms with Gasteiger partial charge in [0.25, 0.3) is 0 Å². The number of rotatable bonds is 7. The Balaban J connectivity index is 2.97. The molecule has 7 heteroatoms. The quantitative estimate of drug-likeness (QED) is 0.677. The third kappa shape index (κ3) is 3.30. The standard InChI is InChI=1S/C11H19NO5S/c1-3-5-12(18(15,16)6-4-2)10-8-17-7-9(10)11(13)14/h4,9-10H,2-3,5-8H2,1H3,(H,13,14). The Kier molecular flexibility index (Phi) is 5.30. The molecule has 0 aromatic carbocycles. The Morgan fingerprint density at radius 1 is 1.56 bits per heavy atom. The van der Waals surface area contributed by atoms with Gasteiger partial charge in [0, 0.05) is 6.54 Å². The van der Waals surface area contributed by atoms with E-state index < -0.39 is 28.0 Å². The summed E-state index contributed by atoms with van der Waals surface area (Å²) < 4.78 is 30.5. The number of carbonyl (C=O) groups is 1. The summed E-state index contributed by atoms with van der Waals surface area (Å²) in [5, 5.41) is 9.07. The first-order valence-electron chi connectivity index (χ1n) is 5.85. The van der Waals surface area contributed by atoms with Crippen molar-refractivity contribution in [1.29, 1.82) is 0 Å². The van der Waals surface area contributed by atoms with E-state index in [1.54, 1.807) is 0 Å². The van der Waals surface area contributed by atoms with E-state index in [9.17, 15) is 13.2 Å². The minimum atomic E-state index is -3.51. The molecule has 1 N–H and O–H groups in total. The van der Waals surface area contributed by atoms with E-state index in [0.717, 1.165) is 0 Å². The summed E-state index contributed by atoms with van der Waals surface area (Å²) >= 11 is 0. The number of aliphatic carboxylic acids is 1. The van der Waals surface area contributed by atoms with Gasteiger partial charge >= 0.3 is 5.97 Å². The van der Waals surface area contributed by atoms with Crippen LogP contribution in [0.5, 0.6) is 0 Å². The maximum Gasteiger partial charge on any atom is 0.310 e. The van der Waals surface area contributed by atoms with Crippen molar-refractivity contribution in [3.05, 3.63) is 12.7 Å². The molecule has 0 aliphatic carbocycles. The summed E-state index contributed by atoms with van der Waals surface area (Å²) in [6.45, 7) is 5.76. The molecule has 1 aliphatic rings. The van der Waals surface area contributed by atoms with Crippen molar-refractivity contribution in [3.8, 4) is 0 Å². The molecular weight excluding hydrogens is 258 g/mol. The van der Waals surface area contributed by atoms with Crippen molar-refractivity contribution < 1.29 is 23.1 Å². The number of carboxylic acids is 1. The number of nitrogens with zero attached hydrogens (tertiary/aromatic N) is 1. The number of hydrogen-bond acceptors (Lipinski definition) is 4. The highest BCUT2D eigenvalue weighted by Crippen LogP contribution is 2.23. The average Bonchev–Trinajstić information content (AvgIpc) is 2.73. The molecule has 1 rings (SSSR count). The van der Waals surface area contributed by atoms with Crippen LogP contribution in [0.15, 0.2) is 12.7 Å². The van der Waals surface area contributed by atoms with Crippen LogP contribution in [0, 0.1) is 5.92 Å². The first-order valence-corrected chi connectivity index (χ1v) is 7.46. The molecule has 0 aromatic rings. The zero-order chi connectivity index (χ0) is 13.8. The molecule has 6 nitrogen and oxygen atoms in total. The lowest BCUT2D eigenvalue weighted by atomic mass is 10.0. The monoisotopic (exact) mass is 277 g/mol. The minimum Gasteiger partial charge on any atom is -0.481 e. The lowest BCUT2D eigenvalue weighted by molar-refractivity contribution is -0.142. The second kappa shape index (κ2) is 6.31. The van der Waals surface area contributed by atoms with Crippen molar-refractivity contribution in [2.24, 2.45) is 5.92 Å². The largest absolute Gasteiger partial charge is 0.481 e. The van der Waals surface area contributed by atoms with E-state index in [0.29, 0.717) is 13.0 Å². The second-order valence-corrected chi connectivity index (χ2v) is 6.19. The van der Waals surface area contributed by atoms with Crippen molar-refractivity contribution in [1.82, 2.24) is 4.31 Å². The molecule has 0 radical (unpaired) electrons. The lowest BCUT2D eigenvalue weighted by Gasteiger charge is -2.28. The fourth-order valence-corrected chi connectivity index (χ4v) is 3.61. The van der Waals surface area contributed by atoms with Gasteiger partial charge in [0.15, 0.2) is 0 Å². The summed E-state index contributed by atoms with van der Waals surface area (Å²) in [5.41, 5.74) is 0. The molecule has 1 saturated heterocycles. The van der Waals surface area contributed by atoms with E-state index in [1.807, 2.05) is 6.92 Å². The van der Waals surface area contributed by atoms with Gasteiger partial charge in [-0.2, -0.15) is 4.31 Å². The summed E-state index contributed by atoms with van der Waals surface area (Å²) in [6.07, 6.45) is 1.93. The Hall–Kier alpha value is -0.920. The highest BCUT2D eigenvalue weighted by Gasteiger charge is 2.41. The van der Waals surface area contributed by atoms with Crippen molar-refractivity contribution >= 4 is 16.0 Å². The van der Waals surface area contributed by atoms with E-state index in [4.69, 9.17) is 9.84 Å². The van der Waals surface area contributed by atoms with Crippen LogP contribution in [-0.4, -0.2) is 55.4 Å². The molecule has 2 atom stereocenters. The normalized spacial score (nSPS) is 24.3. The van der Waals surface area contributed by atoms with E-state index in [-0.39, 0.29) is 19.0 Å². The summed E-state index contributed by atoms with van der Waals surface area (Å²) in [5.74, 6) is -2.00. The van der Waals surface area contributed by atoms with Gasteiger partial charge in [-0.05, 0) is 6.42 Å². The van der Waals surface area contributed by atoms with Crippen molar-refractivity contribution in [2.75, 3.05) is 25.5 Å². The van der Waals surface area contributed by atoms with Gasteiger partial charge in [-0.1, -0.05) is 13.0 Å². The predicted octanol–water partition coefficient (Wildman–Crippen LogP) is 0.314. The van der Waals surface area contributed by atoms with Gasteiger partial charge in [0.05, 0.1) is 30.9 Å². The number of ether oxygens (including phenoxy) is 1. The molecule has 1 heterocycles. The van der Waals surface area contributed by atoms with Crippen molar-refractivity contribution in [3.63, 3.8) is 0 Å². The van der Waals surface area contributed by atoms with Crippen LogP contribution in [0.3, 0.4) is 0 Å².